The van der Waals surface area contributed by atoms with Crippen molar-refractivity contribution in [2.45, 2.75) is 71.3 Å². The molecule has 2 aromatic heterocycles. The average Bonchev–Trinajstić information content (AvgIpc) is 2.99. The average molecular weight is 309 g/mol. The van der Waals surface area contributed by atoms with Crippen molar-refractivity contribution < 1.29 is 0 Å². The van der Waals surface area contributed by atoms with Crippen LogP contribution in [0.1, 0.15) is 62.8 Å². The second-order valence-corrected chi connectivity index (χ2v) is 6.93. The van der Waals surface area contributed by atoms with Crippen LogP contribution in [-0.4, -0.2) is 19.3 Å². The van der Waals surface area contributed by atoms with Crippen LogP contribution < -0.4 is 0 Å². The minimum Gasteiger partial charge on any atom is -0.311 e. The van der Waals surface area contributed by atoms with Gasteiger partial charge in [0.15, 0.2) is 5.65 Å². The summed E-state index contributed by atoms with van der Waals surface area (Å²) in [5, 5.41) is 4.55. The third-order valence-electron chi connectivity index (χ3n) is 4.65. The lowest BCUT2D eigenvalue weighted by Crippen LogP contribution is -2.18. The third kappa shape index (κ3) is 2.70. The van der Waals surface area contributed by atoms with E-state index < -0.39 is 0 Å². The first kappa shape index (κ1) is 14.9. The fourth-order valence-corrected chi connectivity index (χ4v) is 3.74. The van der Waals surface area contributed by atoms with Crippen molar-refractivity contribution in [3.63, 3.8) is 0 Å². The molecule has 0 amide bonds. The lowest BCUT2D eigenvalue weighted by atomic mass is 9.89. The number of alkyl halides is 1. The normalized spacial score (nSPS) is 18.5. The van der Waals surface area contributed by atoms with Crippen LogP contribution >= 0.6 is 11.6 Å². The van der Waals surface area contributed by atoms with Gasteiger partial charge >= 0.3 is 0 Å². The Kier molecular flexibility index (Phi) is 4.25. The molecule has 116 valence electrons. The summed E-state index contributed by atoms with van der Waals surface area (Å²) in [6, 6.07) is 0. The summed E-state index contributed by atoms with van der Waals surface area (Å²) in [6.45, 7) is 8.09. The number of aromatic nitrogens is 4. The zero-order chi connectivity index (χ0) is 15.0. The predicted molar refractivity (Wildman–Crippen MR) is 86.8 cm³/mol. The molecule has 1 fully saturated rings. The number of halogens is 1. The van der Waals surface area contributed by atoms with Gasteiger partial charge in [-0.3, -0.25) is 0 Å². The van der Waals surface area contributed by atoms with Crippen molar-refractivity contribution in [3.05, 3.63) is 11.5 Å². The Morgan fingerprint density at radius 1 is 1.29 bits per heavy atom. The molecule has 1 unspecified atom stereocenters. The van der Waals surface area contributed by atoms with Crippen LogP contribution in [0.5, 0.6) is 0 Å². The van der Waals surface area contributed by atoms with Crippen molar-refractivity contribution in [2.75, 3.05) is 0 Å². The van der Waals surface area contributed by atoms with Crippen LogP contribution in [0.3, 0.4) is 0 Å². The molecular formula is C16H25ClN4. The SMILES string of the molecule is CCn1nc(C)c2nc(C(C)Cl)n(CC3CCCCC3)c21. The number of aryl methyl sites for hydroxylation is 2. The Balaban J connectivity index is 2.05. The summed E-state index contributed by atoms with van der Waals surface area (Å²) in [5.74, 6) is 1.76. The van der Waals surface area contributed by atoms with Crippen molar-refractivity contribution in [2.24, 2.45) is 5.92 Å². The van der Waals surface area contributed by atoms with Crippen LogP contribution in [0, 0.1) is 12.8 Å². The van der Waals surface area contributed by atoms with Gasteiger partial charge in [0.25, 0.3) is 0 Å². The van der Waals surface area contributed by atoms with Crippen LogP contribution in [0.15, 0.2) is 0 Å². The van der Waals surface area contributed by atoms with E-state index in [1.165, 1.54) is 32.1 Å². The molecule has 2 aromatic rings. The summed E-state index contributed by atoms with van der Waals surface area (Å²) >= 11 is 6.39. The molecular weight excluding hydrogens is 284 g/mol. The maximum absolute atomic E-state index is 6.39. The second kappa shape index (κ2) is 5.99. The van der Waals surface area contributed by atoms with E-state index in [4.69, 9.17) is 16.6 Å². The van der Waals surface area contributed by atoms with E-state index in [9.17, 15) is 0 Å². The first-order chi connectivity index (χ1) is 10.1. The van der Waals surface area contributed by atoms with E-state index in [1.54, 1.807) is 0 Å². The first-order valence-electron chi connectivity index (χ1n) is 8.19. The first-order valence-corrected chi connectivity index (χ1v) is 8.63. The maximum atomic E-state index is 6.39. The van der Waals surface area contributed by atoms with Gasteiger partial charge in [0.05, 0.1) is 11.1 Å². The Hall–Kier alpha value is -1.03. The van der Waals surface area contributed by atoms with Gasteiger partial charge in [0.2, 0.25) is 0 Å². The van der Waals surface area contributed by atoms with Gasteiger partial charge in [-0.1, -0.05) is 19.3 Å². The monoisotopic (exact) mass is 308 g/mol. The van der Waals surface area contributed by atoms with Gasteiger partial charge in [0.1, 0.15) is 11.3 Å². The molecule has 4 nitrogen and oxygen atoms in total. The summed E-state index contributed by atoms with van der Waals surface area (Å²) in [6.07, 6.45) is 6.77. The van der Waals surface area contributed by atoms with Gasteiger partial charge in [-0.05, 0) is 39.5 Å². The van der Waals surface area contributed by atoms with Gasteiger partial charge in [-0.15, -0.1) is 11.6 Å². The molecule has 1 aliphatic carbocycles. The van der Waals surface area contributed by atoms with Crippen molar-refractivity contribution >= 4 is 22.8 Å². The largest absolute Gasteiger partial charge is 0.311 e. The van der Waals surface area contributed by atoms with E-state index in [1.807, 2.05) is 13.8 Å². The minimum atomic E-state index is -0.0642. The van der Waals surface area contributed by atoms with Crippen molar-refractivity contribution in [1.82, 2.24) is 19.3 Å². The van der Waals surface area contributed by atoms with Crippen molar-refractivity contribution in [1.29, 1.82) is 0 Å². The van der Waals surface area contributed by atoms with Crippen LogP contribution in [0.4, 0.5) is 0 Å². The molecule has 21 heavy (non-hydrogen) atoms. The molecule has 1 atom stereocenters. The molecule has 0 saturated heterocycles. The van der Waals surface area contributed by atoms with Crippen LogP contribution in [0.25, 0.3) is 11.2 Å². The highest BCUT2D eigenvalue weighted by Crippen LogP contribution is 2.31. The number of imidazole rings is 1. The van der Waals surface area contributed by atoms with E-state index >= 15 is 0 Å². The Morgan fingerprint density at radius 2 is 2.00 bits per heavy atom. The maximum Gasteiger partial charge on any atom is 0.158 e. The minimum absolute atomic E-state index is 0.0642. The highest BCUT2D eigenvalue weighted by atomic mass is 35.5. The molecule has 1 saturated carbocycles. The van der Waals surface area contributed by atoms with Gasteiger partial charge in [0, 0.05) is 13.1 Å². The van der Waals surface area contributed by atoms with Crippen molar-refractivity contribution in [3.8, 4) is 0 Å². The fourth-order valence-electron chi connectivity index (χ4n) is 3.57. The third-order valence-corrected chi connectivity index (χ3v) is 4.84. The highest BCUT2D eigenvalue weighted by Gasteiger charge is 2.23. The lowest BCUT2D eigenvalue weighted by Gasteiger charge is -2.23. The number of hydrogen-bond donors (Lipinski definition) is 0. The number of rotatable bonds is 4. The molecule has 1 aliphatic rings. The van der Waals surface area contributed by atoms with E-state index in [0.717, 1.165) is 41.7 Å². The van der Waals surface area contributed by atoms with Crippen LogP contribution in [-0.2, 0) is 13.1 Å². The molecule has 3 rings (SSSR count). The summed E-state index contributed by atoms with van der Waals surface area (Å²) < 4.78 is 4.41. The van der Waals surface area contributed by atoms with E-state index in [2.05, 4.69) is 21.3 Å². The highest BCUT2D eigenvalue weighted by molar-refractivity contribution is 6.20. The molecule has 2 heterocycles. The van der Waals surface area contributed by atoms with E-state index in [-0.39, 0.29) is 5.38 Å². The molecule has 0 radical (unpaired) electrons. The number of fused-ring (bicyclic) bond motifs is 1. The quantitative estimate of drug-likeness (QED) is 0.783. The second-order valence-electron chi connectivity index (χ2n) is 6.27. The fraction of sp³-hybridized carbons (Fsp3) is 0.750. The smallest absolute Gasteiger partial charge is 0.158 e. The number of nitrogens with zero attached hydrogens (tertiary/aromatic N) is 4. The summed E-state index contributed by atoms with van der Waals surface area (Å²) in [5.41, 5.74) is 3.19. The molecule has 0 bridgehead atoms. The lowest BCUT2D eigenvalue weighted by molar-refractivity contribution is 0.317. The van der Waals surface area contributed by atoms with Gasteiger partial charge in [-0.25, -0.2) is 9.67 Å². The topological polar surface area (TPSA) is 35.6 Å². The Bertz CT molecular complexity index is 620. The number of hydrogen-bond acceptors (Lipinski definition) is 2. The summed E-state index contributed by atoms with van der Waals surface area (Å²) in [4.78, 5) is 4.79. The molecule has 0 N–H and O–H groups in total. The zero-order valence-electron chi connectivity index (χ0n) is 13.3. The molecule has 0 aliphatic heterocycles. The molecule has 5 heteroatoms. The zero-order valence-corrected chi connectivity index (χ0v) is 14.0. The Morgan fingerprint density at radius 3 is 2.62 bits per heavy atom. The van der Waals surface area contributed by atoms with E-state index in [0.29, 0.717) is 0 Å². The predicted octanol–water partition coefficient (Wildman–Crippen LogP) is 4.44. The van der Waals surface area contributed by atoms with Crippen LogP contribution in [0.2, 0.25) is 0 Å². The molecule has 0 spiro atoms. The standard InChI is InChI=1S/C16H25ClN4/c1-4-21-16-14(12(3)19-21)18-15(11(2)17)20(16)10-13-8-6-5-7-9-13/h11,13H,4-10H2,1-3H3. The summed E-state index contributed by atoms with van der Waals surface area (Å²) in [7, 11) is 0. The molecule has 0 aromatic carbocycles. The van der Waals surface area contributed by atoms with Gasteiger partial charge < -0.3 is 4.57 Å². The Labute approximate surface area is 131 Å². The van der Waals surface area contributed by atoms with Gasteiger partial charge in [-0.2, -0.15) is 5.10 Å².